The van der Waals surface area contributed by atoms with Gasteiger partial charge in [0.2, 0.25) is 0 Å². The second-order valence-corrected chi connectivity index (χ2v) is 6.77. The number of aryl methyl sites for hydroxylation is 2. The Morgan fingerprint density at radius 3 is 2.17 bits per heavy atom. The molecule has 2 aromatic carbocycles. The average molecular weight is 343 g/mol. The number of anilines is 1. The first-order valence-corrected chi connectivity index (χ1v) is 8.42. The molecule has 124 valence electrons. The zero-order valence-corrected chi connectivity index (χ0v) is 13.4. The van der Waals surface area contributed by atoms with Gasteiger partial charge in [-0.2, -0.15) is 13.2 Å². The summed E-state index contributed by atoms with van der Waals surface area (Å²) in [7, 11) is -3.95. The summed E-state index contributed by atoms with van der Waals surface area (Å²) in [5.74, 6) is 0. The predicted octanol–water partition coefficient (Wildman–Crippen LogP) is 4.38. The fourth-order valence-corrected chi connectivity index (χ4v) is 3.36. The number of benzene rings is 2. The molecule has 0 heterocycles. The second kappa shape index (κ2) is 6.23. The van der Waals surface area contributed by atoms with E-state index in [9.17, 15) is 21.6 Å². The highest BCUT2D eigenvalue weighted by Gasteiger charge is 2.30. The summed E-state index contributed by atoms with van der Waals surface area (Å²) in [5, 5.41) is 0. The van der Waals surface area contributed by atoms with Gasteiger partial charge in [-0.25, -0.2) is 8.42 Å². The lowest BCUT2D eigenvalue weighted by atomic mass is 10.1. The highest BCUT2D eigenvalue weighted by Crippen LogP contribution is 2.30. The molecule has 0 bridgehead atoms. The highest BCUT2D eigenvalue weighted by molar-refractivity contribution is 7.92. The summed E-state index contributed by atoms with van der Waals surface area (Å²) in [6.45, 7) is 3.66. The minimum atomic E-state index is -4.50. The molecule has 7 heteroatoms. The maximum Gasteiger partial charge on any atom is 0.416 e. The number of halogens is 3. The number of hydrogen-bond acceptors (Lipinski definition) is 2. The van der Waals surface area contributed by atoms with Gasteiger partial charge in [-0.15, -0.1) is 0 Å². The molecule has 0 aliphatic carbocycles. The zero-order chi connectivity index (χ0) is 17.3. The van der Waals surface area contributed by atoms with Crippen LogP contribution in [-0.2, 0) is 22.6 Å². The van der Waals surface area contributed by atoms with E-state index in [0.29, 0.717) is 12.1 Å². The number of rotatable bonds is 4. The van der Waals surface area contributed by atoms with Gasteiger partial charge in [0, 0.05) is 0 Å². The van der Waals surface area contributed by atoms with Crippen LogP contribution < -0.4 is 4.72 Å². The third kappa shape index (κ3) is 3.85. The van der Waals surface area contributed by atoms with Crippen LogP contribution in [0.2, 0.25) is 0 Å². The van der Waals surface area contributed by atoms with Crippen molar-refractivity contribution in [2.24, 2.45) is 0 Å². The Bertz CT molecular complexity index is 797. The Labute approximate surface area is 133 Å². The van der Waals surface area contributed by atoms with Crippen molar-refractivity contribution < 1.29 is 21.6 Å². The van der Waals surface area contributed by atoms with E-state index in [2.05, 4.69) is 4.72 Å². The van der Waals surface area contributed by atoms with Crippen molar-refractivity contribution in [2.75, 3.05) is 4.72 Å². The van der Waals surface area contributed by atoms with Gasteiger partial charge >= 0.3 is 6.18 Å². The molecule has 23 heavy (non-hydrogen) atoms. The lowest BCUT2D eigenvalue weighted by Crippen LogP contribution is -2.15. The molecule has 1 N–H and O–H groups in total. The van der Waals surface area contributed by atoms with Crippen molar-refractivity contribution in [3.8, 4) is 0 Å². The van der Waals surface area contributed by atoms with Gasteiger partial charge in [0.05, 0.1) is 16.1 Å². The van der Waals surface area contributed by atoms with Crippen molar-refractivity contribution >= 4 is 15.7 Å². The maximum absolute atomic E-state index is 12.5. The monoisotopic (exact) mass is 343 g/mol. The molecule has 0 fully saturated rings. The molecule has 0 aliphatic rings. The summed E-state index contributed by atoms with van der Waals surface area (Å²) >= 11 is 0. The molecule has 0 amide bonds. The van der Waals surface area contributed by atoms with E-state index in [4.69, 9.17) is 0 Å². The van der Waals surface area contributed by atoms with Crippen LogP contribution >= 0.6 is 0 Å². The Morgan fingerprint density at radius 2 is 1.65 bits per heavy atom. The van der Waals surface area contributed by atoms with E-state index in [1.807, 2.05) is 13.0 Å². The van der Waals surface area contributed by atoms with Crippen LogP contribution in [0.15, 0.2) is 47.4 Å². The number of nitrogens with one attached hydrogen (secondary N) is 1. The minimum Gasteiger partial charge on any atom is -0.279 e. The number of alkyl halides is 3. The predicted molar refractivity (Wildman–Crippen MR) is 82.8 cm³/mol. The molecule has 0 aliphatic heterocycles. The van der Waals surface area contributed by atoms with E-state index >= 15 is 0 Å². The van der Waals surface area contributed by atoms with Gasteiger partial charge in [-0.05, 0) is 48.7 Å². The van der Waals surface area contributed by atoms with Crippen LogP contribution in [0.4, 0.5) is 18.9 Å². The highest BCUT2D eigenvalue weighted by atomic mass is 32.2. The van der Waals surface area contributed by atoms with Crippen LogP contribution in [0.1, 0.15) is 23.6 Å². The SMILES string of the molecule is CCc1cccc(C)c1NS(=O)(=O)c1ccc(C(F)(F)F)cc1. The topological polar surface area (TPSA) is 46.2 Å². The van der Waals surface area contributed by atoms with Gasteiger partial charge in [0.25, 0.3) is 10.0 Å². The van der Waals surface area contributed by atoms with E-state index in [-0.39, 0.29) is 4.90 Å². The third-order valence-corrected chi connectivity index (χ3v) is 4.83. The largest absolute Gasteiger partial charge is 0.416 e. The summed E-state index contributed by atoms with van der Waals surface area (Å²) in [6, 6.07) is 8.82. The molecular weight excluding hydrogens is 327 g/mol. The first-order valence-electron chi connectivity index (χ1n) is 6.93. The third-order valence-electron chi connectivity index (χ3n) is 3.47. The fourth-order valence-electron chi connectivity index (χ4n) is 2.19. The Balaban J connectivity index is 2.37. The first kappa shape index (κ1) is 17.3. The average Bonchev–Trinajstić information content (AvgIpc) is 2.48. The van der Waals surface area contributed by atoms with Crippen LogP contribution in [0.25, 0.3) is 0 Å². The number of sulfonamides is 1. The molecule has 0 radical (unpaired) electrons. The van der Waals surface area contributed by atoms with Crippen LogP contribution in [-0.4, -0.2) is 8.42 Å². The van der Waals surface area contributed by atoms with Gasteiger partial charge in [0.1, 0.15) is 0 Å². The van der Waals surface area contributed by atoms with Gasteiger partial charge in [-0.3, -0.25) is 4.72 Å². The number of hydrogen-bond donors (Lipinski definition) is 1. The molecule has 2 rings (SSSR count). The Kier molecular flexibility index (Phi) is 4.70. The van der Waals surface area contributed by atoms with Crippen LogP contribution in [0, 0.1) is 6.92 Å². The quantitative estimate of drug-likeness (QED) is 0.896. The van der Waals surface area contributed by atoms with Crippen LogP contribution in [0.5, 0.6) is 0 Å². The van der Waals surface area contributed by atoms with Gasteiger partial charge in [-0.1, -0.05) is 25.1 Å². The Morgan fingerprint density at radius 1 is 1.04 bits per heavy atom. The molecule has 3 nitrogen and oxygen atoms in total. The smallest absolute Gasteiger partial charge is 0.279 e. The lowest BCUT2D eigenvalue weighted by molar-refractivity contribution is -0.137. The second-order valence-electron chi connectivity index (χ2n) is 5.09. The van der Waals surface area contributed by atoms with E-state index in [1.54, 1.807) is 19.1 Å². The van der Waals surface area contributed by atoms with E-state index in [1.165, 1.54) is 0 Å². The number of para-hydroxylation sites is 1. The molecule has 0 unspecified atom stereocenters. The van der Waals surface area contributed by atoms with Crippen molar-refractivity contribution in [1.82, 2.24) is 0 Å². The van der Waals surface area contributed by atoms with Gasteiger partial charge < -0.3 is 0 Å². The molecule has 2 aromatic rings. The van der Waals surface area contributed by atoms with Crippen molar-refractivity contribution in [1.29, 1.82) is 0 Å². The normalized spacial score (nSPS) is 12.2. The molecule has 0 atom stereocenters. The van der Waals surface area contributed by atoms with Crippen molar-refractivity contribution in [3.63, 3.8) is 0 Å². The van der Waals surface area contributed by atoms with E-state index < -0.39 is 21.8 Å². The summed E-state index contributed by atoms with van der Waals surface area (Å²) in [4.78, 5) is -0.212. The molecule has 0 saturated heterocycles. The van der Waals surface area contributed by atoms with Crippen LogP contribution in [0.3, 0.4) is 0 Å². The summed E-state index contributed by atoms with van der Waals surface area (Å²) in [6.07, 6.45) is -3.87. The zero-order valence-electron chi connectivity index (χ0n) is 12.6. The van der Waals surface area contributed by atoms with Gasteiger partial charge in [0.15, 0.2) is 0 Å². The standard InChI is InChI=1S/C16H16F3NO2S/c1-3-12-6-4-5-11(2)15(12)20-23(21,22)14-9-7-13(8-10-14)16(17,18)19/h4-10,20H,3H2,1-2H3. The van der Waals surface area contributed by atoms with Crippen molar-refractivity contribution in [3.05, 3.63) is 59.2 Å². The van der Waals surface area contributed by atoms with E-state index in [0.717, 1.165) is 35.4 Å². The molecule has 0 aromatic heterocycles. The van der Waals surface area contributed by atoms with Crippen molar-refractivity contribution in [2.45, 2.75) is 31.3 Å². The molecular formula is C16H16F3NO2S. The fraction of sp³-hybridized carbons (Fsp3) is 0.250. The summed E-state index contributed by atoms with van der Waals surface area (Å²) in [5.41, 5.74) is 1.15. The maximum atomic E-state index is 12.5. The Hall–Kier alpha value is -2.02. The minimum absolute atomic E-state index is 0.212. The summed E-state index contributed by atoms with van der Waals surface area (Å²) < 4.78 is 64.9. The first-order chi connectivity index (χ1) is 10.6. The molecule has 0 saturated carbocycles. The molecule has 0 spiro atoms. The lowest BCUT2D eigenvalue weighted by Gasteiger charge is -2.15.